The lowest BCUT2D eigenvalue weighted by atomic mass is 10.0. The summed E-state index contributed by atoms with van der Waals surface area (Å²) in [5.74, 6) is 1.61. The summed E-state index contributed by atoms with van der Waals surface area (Å²) in [6.45, 7) is 8.47. The molecule has 54 heavy (non-hydrogen) atoms. The van der Waals surface area contributed by atoms with E-state index < -0.39 is 0 Å². The van der Waals surface area contributed by atoms with Gasteiger partial charge in [-0.2, -0.15) is 0 Å². The maximum absolute atomic E-state index is 5.46. The lowest BCUT2D eigenvalue weighted by Crippen LogP contribution is -1.93. The van der Waals surface area contributed by atoms with Gasteiger partial charge in [0.2, 0.25) is 6.79 Å². The van der Waals surface area contributed by atoms with Gasteiger partial charge in [0.05, 0.1) is 42.2 Å². The first-order chi connectivity index (χ1) is 26.4. The molecule has 0 radical (unpaired) electrons. The van der Waals surface area contributed by atoms with E-state index in [1.165, 1.54) is 32.7 Å². The quantitative estimate of drug-likeness (QED) is 0.153. The Morgan fingerprint density at radius 2 is 1.00 bits per heavy atom. The van der Waals surface area contributed by atoms with Crippen LogP contribution in [0.3, 0.4) is 0 Å². The molecule has 7 heterocycles. The Morgan fingerprint density at radius 3 is 1.74 bits per heavy atom. The highest BCUT2D eigenvalue weighted by Gasteiger charge is 2.19. The van der Waals surface area contributed by atoms with E-state index in [1.54, 1.807) is 25.1 Å². The van der Waals surface area contributed by atoms with Gasteiger partial charge in [-0.3, -0.25) is 4.98 Å². The average molecular weight is 714 g/mol. The first kappa shape index (κ1) is 32.9. The van der Waals surface area contributed by atoms with Gasteiger partial charge in [0.15, 0.2) is 11.5 Å². The molecule has 266 valence electrons. The number of pyridine rings is 1. The Kier molecular flexibility index (Phi) is 8.27. The third-order valence-electron chi connectivity index (χ3n) is 9.76. The van der Waals surface area contributed by atoms with Crippen LogP contribution in [0, 0.1) is 27.7 Å². The molecule has 6 aromatic heterocycles. The molecule has 1 aliphatic heterocycles. The summed E-state index contributed by atoms with van der Waals surface area (Å²) in [6.07, 6.45) is 10.6. The van der Waals surface area contributed by atoms with Crippen LogP contribution in [-0.4, -0.2) is 11.8 Å². The summed E-state index contributed by atoms with van der Waals surface area (Å²) in [6, 6.07) is 30.1. The van der Waals surface area contributed by atoms with Gasteiger partial charge in [-0.1, -0.05) is 36.4 Å². The number of aryl methyl sites for hydroxylation is 4. The molecule has 0 fully saturated rings. The second-order valence-electron chi connectivity index (χ2n) is 13.3. The number of aromatic nitrogens is 1. The van der Waals surface area contributed by atoms with Crippen LogP contribution in [0.4, 0.5) is 0 Å². The third kappa shape index (κ3) is 5.78. The van der Waals surface area contributed by atoms with Crippen LogP contribution in [0.25, 0.3) is 76.5 Å². The van der Waals surface area contributed by atoms with Crippen LogP contribution < -0.4 is 9.47 Å². The van der Waals surface area contributed by atoms with Gasteiger partial charge in [0.25, 0.3) is 0 Å². The van der Waals surface area contributed by atoms with E-state index >= 15 is 0 Å². The molecular formula is C46H35NO7. The van der Waals surface area contributed by atoms with Crippen molar-refractivity contribution in [1.29, 1.82) is 0 Å². The van der Waals surface area contributed by atoms with E-state index in [-0.39, 0.29) is 0 Å². The smallest absolute Gasteiger partial charge is 0.231 e. The van der Waals surface area contributed by atoms with Crippen molar-refractivity contribution in [3.8, 4) is 11.5 Å². The van der Waals surface area contributed by atoms with Crippen LogP contribution in [-0.2, 0) is 0 Å². The number of furan rings is 5. The lowest BCUT2D eigenvalue weighted by Gasteiger charge is -1.98. The Hall–Kier alpha value is -6.93. The number of hydrogen-bond acceptors (Lipinski definition) is 8. The number of fused-ring (bicyclic) bond motifs is 12. The second kappa shape index (κ2) is 13.6. The maximum atomic E-state index is 5.46. The second-order valence-corrected chi connectivity index (χ2v) is 13.3. The summed E-state index contributed by atoms with van der Waals surface area (Å²) in [4.78, 5) is 4.31. The highest BCUT2D eigenvalue weighted by atomic mass is 16.7. The molecule has 0 spiro atoms. The maximum Gasteiger partial charge on any atom is 0.231 e. The van der Waals surface area contributed by atoms with Gasteiger partial charge in [0, 0.05) is 33.1 Å². The molecule has 0 amide bonds. The minimum absolute atomic E-state index is 0.305. The summed E-state index contributed by atoms with van der Waals surface area (Å²) < 4.78 is 37.6. The molecule has 0 aliphatic carbocycles. The third-order valence-corrected chi connectivity index (χ3v) is 9.76. The molecule has 0 N–H and O–H groups in total. The fraction of sp³-hybridized carbons (Fsp3) is 0.109. The molecule has 8 heteroatoms. The molecule has 12 rings (SSSR count). The Morgan fingerprint density at radius 1 is 0.444 bits per heavy atom. The van der Waals surface area contributed by atoms with E-state index in [9.17, 15) is 0 Å². The van der Waals surface area contributed by atoms with Crippen LogP contribution in [0.15, 0.2) is 151 Å². The minimum atomic E-state index is 0.305. The average Bonchev–Trinajstić information content (AvgIpc) is 4.07. The van der Waals surface area contributed by atoms with Crippen LogP contribution in [0.5, 0.6) is 11.5 Å². The molecular weight excluding hydrogens is 679 g/mol. The van der Waals surface area contributed by atoms with Crippen molar-refractivity contribution < 1.29 is 31.6 Å². The van der Waals surface area contributed by atoms with Gasteiger partial charge in [0.1, 0.15) is 27.9 Å². The lowest BCUT2D eigenvalue weighted by molar-refractivity contribution is 0.175. The van der Waals surface area contributed by atoms with E-state index in [0.717, 1.165) is 77.6 Å². The molecule has 0 atom stereocenters. The topological polar surface area (TPSA) is 97.1 Å². The van der Waals surface area contributed by atoms with E-state index in [1.807, 2.05) is 80.9 Å². The molecule has 0 unspecified atom stereocenters. The summed E-state index contributed by atoms with van der Waals surface area (Å²) in [7, 11) is 0. The Bertz CT molecular complexity index is 2990. The number of rotatable bonds is 0. The molecule has 8 nitrogen and oxygen atoms in total. The first-order valence-electron chi connectivity index (χ1n) is 17.6. The van der Waals surface area contributed by atoms with Crippen LogP contribution in [0.2, 0.25) is 0 Å². The van der Waals surface area contributed by atoms with E-state index in [0.29, 0.717) is 6.79 Å². The van der Waals surface area contributed by atoms with Crippen molar-refractivity contribution in [1.82, 2.24) is 4.98 Å². The van der Waals surface area contributed by atoms with E-state index in [2.05, 4.69) is 55.2 Å². The monoisotopic (exact) mass is 713 g/mol. The fourth-order valence-corrected chi connectivity index (χ4v) is 7.19. The molecule has 11 aromatic rings. The van der Waals surface area contributed by atoms with E-state index in [4.69, 9.17) is 31.6 Å². The predicted molar refractivity (Wildman–Crippen MR) is 213 cm³/mol. The Labute approximate surface area is 309 Å². The normalized spacial score (nSPS) is 11.9. The zero-order valence-electron chi connectivity index (χ0n) is 30.1. The molecule has 5 aromatic carbocycles. The zero-order valence-corrected chi connectivity index (χ0v) is 30.1. The SMILES string of the molecule is Cc1coc2ccc3c(c12)OCO3.Cc1coc2ccc3ccccc3c12.Cc1coc2ccc3ncccc3c12.Cc1coc2ccc3occc3c12. The largest absolute Gasteiger partial charge is 0.464 e. The van der Waals surface area contributed by atoms with Crippen LogP contribution in [0.1, 0.15) is 22.3 Å². The highest BCUT2D eigenvalue weighted by molar-refractivity contribution is 6.08. The van der Waals surface area contributed by atoms with Gasteiger partial charge >= 0.3 is 0 Å². The number of hydrogen-bond donors (Lipinski definition) is 0. The molecule has 0 saturated carbocycles. The van der Waals surface area contributed by atoms with Crippen molar-refractivity contribution in [3.05, 3.63) is 151 Å². The first-order valence-corrected chi connectivity index (χ1v) is 17.6. The standard InChI is InChI=1S/C13H10O.C12H9NO.C11H8O2.C10H8O3/c1-9-8-14-12-7-6-10-4-2-3-5-11(10)13(9)12;1-8-7-14-11-5-4-10-9(12(8)11)3-2-6-13-10;1-7-6-13-10-3-2-9-8(11(7)10)4-5-12-9;1-6-4-11-7-2-3-8-10(9(6)7)13-5-12-8/h2-8H,1H3;2-7H,1H3;2-6H,1H3;2-4H,5H2,1H3. The zero-order chi connectivity index (χ0) is 36.8. The van der Waals surface area contributed by atoms with Gasteiger partial charge < -0.3 is 31.6 Å². The molecule has 0 saturated heterocycles. The predicted octanol–water partition coefficient (Wildman–Crippen LogP) is 13.1. The van der Waals surface area contributed by atoms with Gasteiger partial charge in [-0.25, -0.2) is 0 Å². The van der Waals surface area contributed by atoms with Crippen molar-refractivity contribution in [2.75, 3.05) is 6.79 Å². The highest BCUT2D eigenvalue weighted by Crippen LogP contribution is 2.41. The number of ether oxygens (including phenoxy) is 2. The van der Waals surface area contributed by atoms with Crippen molar-refractivity contribution in [3.63, 3.8) is 0 Å². The minimum Gasteiger partial charge on any atom is -0.464 e. The van der Waals surface area contributed by atoms with Crippen LogP contribution >= 0.6 is 0 Å². The summed E-state index contributed by atoms with van der Waals surface area (Å²) in [5.41, 5.74) is 10.2. The Balaban J connectivity index is 0.0000000950. The van der Waals surface area contributed by atoms with Crippen molar-refractivity contribution in [2.45, 2.75) is 27.7 Å². The molecule has 1 aliphatic rings. The summed E-state index contributed by atoms with van der Waals surface area (Å²) in [5, 5.41) is 9.43. The fourth-order valence-electron chi connectivity index (χ4n) is 7.19. The number of nitrogens with zero attached hydrogens (tertiary/aromatic N) is 1. The van der Waals surface area contributed by atoms with Crippen molar-refractivity contribution >= 4 is 76.5 Å². The molecule has 0 bridgehead atoms. The van der Waals surface area contributed by atoms with Gasteiger partial charge in [-0.05, 0) is 115 Å². The summed E-state index contributed by atoms with van der Waals surface area (Å²) >= 11 is 0. The number of benzene rings is 5. The van der Waals surface area contributed by atoms with Crippen molar-refractivity contribution in [2.24, 2.45) is 0 Å². The van der Waals surface area contributed by atoms with Gasteiger partial charge in [-0.15, -0.1) is 0 Å².